The molecule has 1 unspecified atom stereocenters. The zero-order valence-electron chi connectivity index (χ0n) is 14.2. The molecule has 1 aromatic heterocycles. The van der Waals surface area contributed by atoms with Gasteiger partial charge in [0.05, 0.1) is 5.69 Å². The number of hydrogen-bond donors (Lipinski definition) is 1. The predicted molar refractivity (Wildman–Crippen MR) is 89.4 cm³/mol. The van der Waals surface area contributed by atoms with Crippen molar-refractivity contribution in [3.8, 4) is 0 Å². The number of nitrogens with zero attached hydrogens (tertiary/aromatic N) is 2. The summed E-state index contributed by atoms with van der Waals surface area (Å²) >= 11 is 0. The second kappa shape index (κ2) is 7.37. The summed E-state index contributed by atoms with van der Waals surface area (Å²) in [6, 6.07) is 4.84. The first-order valence-electron chi connectivity index (χ1n) is 8.53. The molecule has 0 amide bonds. The van der Waals surface area contributed by atoms with E-state index in [4.69, 9.17) is 0 Å². The summed E-state index contributed by atoms with van der Waals surface area (Å²) in [5, 5.41) is 3.84. The maximum atomic E-state index is 4.60. The molecule has 0 aromatic carbocycles. The van der Waals surface area contributed by atoms with Crippen LogP contribution in [0.25, 0.3) is 0 Å². The SMILES string of the molecule is CCCC1CNC(CC)(CC)CN1Cc1ncccc1C. The fraction of sp³-hybridized carbons (Fsp3) is 0.722. The van der Waals surface area contributed by atoms with Gasteiger partial charge in [-0.3, -0.25) is 9.88 Å². The van der Waals surface area contributed by atoms with Gasteiger partial charge in [-0.05, 0) is 37.8 Å². The lowest BCUT2D eigenvalue weighted by atomic mass is 9.87. The molecule has 1 fully saturated rings. The van der Waals surface area contributed by atoms with Crippen molar-refractivity contribution in [1.29, 1.82) is 0 Å². The molecule has 1 N–H and O–H groups in total. The zero-order chi connectivity index (χ0) is 15.3. The van der Waals surface area contributed by atoms with Gasteiger partial charge in [0.15, 0.2) is 0 Å². The number of rotatable bonds is 6. The fourth-order valence-corrected chi connectivity index (χ4v) is 3.44. The van der Waals surface area contributed by atoms with E-state index >= 15 is 0 Å². The molecule has 1 aliphatic rings. The van der Waals surface area contributed by atoms with Gasteiger partial charge in [0.25, 0.3) is 0 Å². The van der Waals surface area contributed by atoms with E-state index < -0.39 is 0 Å². The van der Waals surface area contributed by atoms with Crippen molar-refractivity contribution in [2.45, 2.75) is 71.5 Å². The van der Waals surface area contributed by atoms with E-state index in [0.717, 1.165) is 19.6 Å². The Kier molecular flexibility index (Phi) is 5.77. The molecule has 0 aliphatic carbocycles. The van der Waals surface area contributed by atoms with Crippen molar-refractivity contribution in [2.24, 2.45) is 0 Å². The summed E-state index contributed by atoms with van der Waals surface area (Å²) in [5.74, 6) is 0. The first-order valence-corrected chi connectivity index (χ1v) is 8.53. The van der Waals surface area contributed by atoms with Crippen LogP contribution in [0.5, 0.6) is 0 Å². The third-order valence-corrected chi connectivity index (χ3v) is 5.18. The Hall–Kier alpha value is -0.930. The van der Waals surface area contributed by atoms with Crippen LogP contribution < -0.4 is 5.32 Å². The summed E-state index contributed by atoms with van der Waals surface area (Å²) in [4.78, 5) is 7.27. The largest absolute Gasteiger partial charge is 0.308 e. The van der Waals surface area contributed by atoms with Crippen LogP contribution in [0.3, 0.4) is 0 Å². The van der Waals surface area contributed by atoms with Crippen LogP contribution >= 0.6 is 0 Å². The molecule has 0 bridgehead atoms. The van der Waals surface area contributed by atoms with Crippen LogP contribution in [0.4, 0.5) is 0 Å². The van der Waals surface area contributed by atoms with Crippen molar-refractivity contribution in [3.63, 3.8) is 0 Å². The van der Waals surface area contributed by atoms with Gasteiger partial charge in [-0.15, -0.1) is 0 Å². The van der Waals surface area contributed by atoms with E-state index in [9.17, 15) is 0 Å². The van der Waals surface area contributed by atoms with Crippen LogP contribution in [-0.4, -0.2) is 34.6 Å². The summed E-state index contributed by atoms with van der Waals surface area (Å²) < 4.78 is 0. The average Bonchev–Trinajstić information content (AvgIpc) is 2.51. The topological polar surface area (TPSA) is 28.2 Å². The van der Waals surface area contributed by atoms with Crippen molar-refractivity contribution in [3.05, 3.63) is 29.6 Å². The number of pyridine rings is 1. The Bertz CT molecular complexity index is 440. The Balaban J connectivity index is 2.16. The van der Waals surface area contributed by atoms with Gasteiger partial charge in [0.1, 0.15) is 0 Å². The van der Waals surface area contributed by atoms with Crippen LogP contribution in [0, 0.1) is 6.92 Å². The molecule has 3 heteroatoms. The fourth-order valence-electron chi connectivity index (χ4n) is 3.44. The second-order valence-electron chi connectivity index (χ2n) is 6.48. The minimum Gasteiger partial charge on any atom is -0.308 e. The number of aromatic nitrogens is 1. The molecular formula is C18H31N3. The van der Waals surface area contributed by atoms with Gasteiger partial charge in [-0.1, -0.05) is 33.3 Å². The highest BCUT2D eigenvalue weighted by molar-refractivity contribution is 5.18. The molecule has 1 aliphatic heterocycles. The molecular weight excluding hydrogens is 258 g/mol. The molecule has 2 heterocycles. The summed E-state index contributed by atoms with van der Waals surface area (Å²) in [6.45, 7) is 12.3. The second-order valence-corrected chi connectivity index (χ2v) is 6.48. The van der Waals surface area contributed by atoms with Gasteiger partial charge < -0.3 is 5.32 Å². The molecule has 0 saturated carbocycles. The minimum atomic E-state index is 0.285. The standard InChI is InChI=1S/C18H31N3/c1-5-9-16-12-20-18(6-2,7-3)14-21(16)13-17-15(4)10-8-11-19-17/h8,10-11,16,20H,5-7,9,12-14H2,1-4H3. The van der Waals surface area contributed by atoms with Crippen molar-refractivity contribution in [1.82, 2.24) is 15.2 Å². The molecule has 1 aromatic rings. The zero-order valence-corrected chi connectivity index (χ0v) is 14.2. The van der Waals surface area contributed by atoms with Crippen molar-refractivity contribution >= 4 is 0 Å². The lowest BCUT2D eigenvalue weighted by Gasteiger charge is -2.47. The smallest absolute Gasteiger partial charge is 0.0573 e. The van der Waals surface area contributed by atoms with E-state index in [-0.39, 0.29) is 5.54 Å². The molecule has 21 heavy (non-hydrogen) atoms. The van der Waals surface area contributed by atoms with Gasteiger partial charge >= 0.3 is 0 Å². The summed E-state index contributed by atoms with van der Waals surface area (Å²) in [7, 11) is 0. The lowest BCUT2D eigenvalue weighted by Crippen LogP contribution is -2.63. The predicted octanol–water partition coefficient (Wildman–Crippen LogP) is 3.52. The van der Waals surface area contributed by atoms with Crippen molar-refractivity contribution in [2.75, 3.05) is 13.1 Å². The monoisotopic (exact) mass is 289 g/mol. The van der Waals surface area contributed by atoms with Gasteiger partial charge in [-0.2, -0.15) is 0 Å². The number of hydrogen-bond acceptors (Lipinski definition) is 3. The lowest BCUT2D eigenvalue weighted by molar-refractivity contribution is 0.0605. The molecule has 3 nitrogen and oxygen atoms in total. The van der Waals surface area contributed by atoms with Crippen LogP contribution in [0.15, 0.2) is 18.3 Å². The Morgan fingerprint density at radius 3 is 2.71 bits per heavy atom. The van der Waals surface area contributed by atoms with Gasteiger partial charge in [-0.25, -0.2) is 0 Å². The minimum absolute atomic E-state index is 0.285. The highest BCUT2D eigenvalue weighted by atomic mass is 15.3. The van der Waals surface area contributed by atoms with Gasteiger partial charge in [0, 0.05) is 37.4 Å². The van der Waals surface area contributed by atoms with Crippen LogP contribution in [0.1, 0.15) is 57.7 Å². The Morgan fingerprint density at radius 1 is 1.33 bits per heavy atom. The summed E-state index contributed by atoms with van der Waals surface area (Å²) in [5.41, 5.74) is 2.83. The van der Waals surface area contributed by atoms with E-state index in [1.807, 2.05) is 12.3 Å². The molecule has 1 saturated heterocycles. The Labute approximate surface area is 130 Å². The highest BCUT2D eigenvalue weighted by Crippen LogP contribution is 2.26. The molecule has 0 spiro atoms. The quantitative estimate of drug-likeness (QED) is 0.868. The highest BCUT2D eigenvalue weighted by Gasteiger charge is 2.36. The maximum absolute atomic E-state index is 4.60. The number of piperazine rings is 1. The van der Waals surface area contributed by atoms with E-state index in [1.165, 1.54) is 36.9 Å². The molecule has 0 radical (unpaired) electrons. The molecule has 2 rings (SSSR count). The third-order valence-electron chi connectivity index (χ3n) is 5.18. The summed E-state index contributed by atoms with van der Waals surface area (Å²) in [6.07, 6.45) is 6.82. The molecule has 118 valence electrons. The third kappa shape index (κ3) is 3.83. The van der Waals surface area contributed by atoms with Crippen LogP contribution in [0.2, 0.25) is 0 Å². The number of aryl methyl sites for hydroxylation is 1. The first-order chi connectivity index (χ1) is 10.1. The first kappa shape index (κ1) is 16.4. The maximum Gasteiger partial charge on any atom is 0.0573 e. The Morgan fingerprint density at radius 2 is 2.10 bits per heavy atom. The van der Waals surface area contributed by atoms with Crippen LogP contribution in [-0.2, 0) is 6.54 Å². The normalized spacial score (nSPS) is 22.4. The number of nitrogens with one attached hydrogen (secondary N) is 1. The van der Waals surface area contributed by atoms with Gasteiger partial charge in [0.2, 0.25) is 0 Å². The van der Waals surface area contributed by atoms with E-state index in [0.29, 0.717) is 6.04 Å². The van der Waals surface area contributed by atoms with E-state index in [1.54, 1.807) is 0 Å². The molecule has 1 atom stereocenters. The van der Waals surface area contributed by atoms with Crippen molar-refractivity contribution < 1.29 is 0 Å². The van der Waals surface area contributed by atoms with E-state index in [2.05, 4.69) is 49.0 Å². The average molecular weight is 289 g/mol.